The van der Waals surface area contributed by atoms with Crippen LogP contribution in [0.5, 0.6) is 0 Å². The number of anilines is 2. The molecule has 2 aromatic rings. The molecule has 0 saturated carbocycles. The van der Waals surface area contributed by atoms with E-state index < -0.39 is 11.8 Å². The predicted molar refractivity (Wildman–Crippen MR) is 130 cm³/mol. The smallest absolute Gasteiger partial charge is 0.313 e. The second-order valence-electron chi connectivity index (χ2n) is 8.52. The highest BCUT2D eigenvalue weighted by Gasteiger charge is 2.25. The number of nitrogens with zero attached hydrogens (tertiary/aromatic N) is 3. The molecule has 32 heavy (non-hydrogen) atoms. The van der Waals surface area contributed by atoms with E-state index >= 15 is 0 Å². The number of carbonyl (C=O) groups is 2. The van der Waals surface area contributed by atoms with E-state index in [1.807, 2.05) is 45.3 Å². The fourth-order valence-corrected chi connectivity index (χ4v) is 3.99. The number of aryl methyl sites for hydroxylation is 1. The van der Waals surface area contributed by atoms with Gasteiger partial charge in [0.15, 0.2) is 0 Å². The molecule has 0 radical (unpaired) electrons. The van der Waals surface area contributed by atoms with Crippen molar-refractivity contribution >= 4 is 23.2 Å². The molecule has 2 amide bonds. The number of nitrogens with one attached hydrogen (secondary N) is 2. The average Bonchev–Trinajstić information content (AvgIpc) is 2.80. The van der Waals surface area contributed by atoms with E-state index in [4.69, 9.17) is 0 Å². The molecule has 0 aromatic heterocycles. The lowest BCUT2D eigenvalue weighted by Crippen LogP contribution is -2.49. The van der Waals surface area contributed by atoms with E-state index in [1.54, 1.807) is 0 Å². The lowest BCUT2D eigenvalue weighted by molar-refractivity contribution is -0.136. The Kier molecular flexibility index (Phi) is 8.25. The summed E-state index contributed by atoms with van der Waals surface area (Å²) in [5.41, 5.74) is 3.95. The molecule has 1 heterocycles. The van der Waals surface area contributed by atoms with Crippen molar-refractivity contribution in [1.82, 2.24) is 15.1 Å². The fourth-order valence-electron chi connectivity index (χ4n) is 3.99. The van der Waals surface area contributed by atoms with Crippen LogP contribution in [-0.4, -0.2) is 75.5 Å². The summed E-state index contributed by atoms with van der Waals surface area (Å²) in [4.78, 5) is 31.9. The third-order valence-corrected chi connectivity index (χ3v) is 6.08. The first-order valence-corrected chi connectivity index (χ1v) is 11.3. The van der Waals surface area contributed by atoms with Gasteiger partial charge in [-0.1, -0.05) is 37.3 Å². The van der Waals surface area contributed by atoms with Crippen LogP contribution in [0.4, 0.5) is 11.4 Å². The van der Waals surface area contributed by atoms with E-state index in [-0.39, 0.29) is 6.04 Å². The van der Waals surface area contributed by atoms with Crippen LogP contribution in [0.3, 0.4) is 0 Å². The van der Waals surface area contributed by atoms with Gasteiger partial charge in [-0.15, -0.1) is 0 Å². The molecule has 3 rings (SSSR count). The van der Waals surface area contributed by atoms with E-state index in [2.05, 4.69) is 56.6 Å². The van der Waals surface area contributed by atoms with Gasteiger partial charge in [-0.2, -0.15) is 0 Å². The largest absolute Gasteiger partial charge is 0.378 e. The summed E-state index contributed by atoms with van der Waals surface area (Å²) in [5, 5.41) is 5.62. The molecule has 0 spiro atoms. The first-order chi connectivity index (χ1) is 15.4. The lowest BCUT2D eigenvalue weighted by atomic mass is 10.0. The Morgan fingerprint density at radius 3 is 2.25 bits per heavy atom. The molecule has 2 aromatic carbocycles. The van der Waals surface area contributed by atoms with E-state index in [0.717, 1.165) is 49.4 Å². The van der Waals surface area contributed by atoms with Crippen molar-refractivity contribution in [2.45, 2.75) is 19.4 Å². The molecule has 7 nitrogen and oxygen atoms in total. The highest BCUT2D eigenvalue weighted by atomic mass is 16.2. The van der Waals surface area contributed by atoms with Crippen LogP contribution >= 0.6 is 0 Å². The number of rotatable bonds is 7. The Morgan fingerprint density at radius 1 is 0.969 bits per heavy atom. The Hall–Kier alpha value is -2.90. The van der Waals surface area contributed by atoms with Gasteiger partial charge in [0.1, 0.15) is 0 Å². The molecular weight excluding hydrogens is 402 g/mol. The van der Waals surface area contributed by atoms with Crippen LogP contribution in [0, 0.1) is 0 Å². The first-order valence-electron chi connectivity index (χ1n) is 11.3. The number of para-hydroxylation sites is 1. The number of benzene rings is 2. The molecule has 2 N–H and O–H groups in total. The average molecular weight is 438 g/mol. The van der Waals surface area contributed by atoms with E-state index in [9.17, 15) is 9.59 Å². The van der Waals surface area contributed by atoms with Crippen LogP contribution in [-0.2, 0) is 16.0 Å². The summed E-state index contributed by atoms with van der Waals surface area (Å²) >= 11 is 0. The van der Waals surface area contributed by atoms with Crippen molar-refractivity contribution in [3.63, 3.8) is 0 Å². The topological polar surface area (TPSA) is 67.9 Å². The van der Waals surface area contributed by atoms with Gasteiger partial charge in [-0.05, 0) is 42.8 Å². The zero-order valence-corrected chi connectivity index (χ0v) is 19.6. The minimum absolute atomic E-state index is 0.0135. The summed E-state index contributed by atoms with van der Waals surface area (Å²) in [6.07, 6.45) is 0.784. The Bertz CT molecular complexity index is 905. The molecule has 1 fully saturated rings. The third-order valence-electron chi connectivity index (χ3n) is 6.08. The van der Waals surface area contributed by atoms with Crippen molar-refractivity contribution in [2.75, 3.05) is 64.1 Å². The van der Waals surface area contributed by atoms with E-state index in [0.29, 0.717) is 12.2 Å². The van der Waals surface area contributed by atoms with Crippen molar-refractivity contribution in [2.24, 2.45) is 0 Å². The van der Waals surface area contributed by atoms with Gasteiger partial charge >= 0.3 is 11.8 Å². The van der Waals surface area contributed by atoms with Crippen LogP contribution in [0.15, 0.2) is 48.5 Å². The highest BCUT2D eigenvalue weighted by Crippen LogP contribution is 2.24. The summed E-state index contributed by atoms with van der Waals surface area (Å²) in [7, 11) is 6.16. The molecule has 0 bridgehead atoms. The normalized spacial score (nSPS) is 15.8. The quantitative estimate of drug-likeness (QED) is 0.651. The van der Waals surface area contributed by atoms with Gasteiger partial charge in [0.25, 0.3) is 0 Å². The van der Waals surface area contributed by atoms with Gasteiger partial charge in [-0.3, -0.25) is 14.5 Å². The minimum Gasteiger partial charge on any atom is -0.378 e. The van der Waals surface area contributed by atoms with Gasteiger partial charge in [0.2, 0.25) is 0 Å². The first kappa shape index (κ1) is 23.8. The number of amides is 2. The number of likely N-dealkylation sites (N-methyl/N-ethyl adjacent to an activating group) is 1. The van der Waals surface area contributed by atoms with Gasteiger partial charge in [0.05, 0.1) is 6.04 Å². The SMILES string of the molecule is CCc1ccccc1NC(=O)C(=O)NCC(c1ccc(N(C)C)cc1)N1CCN(C)CC1. The Balaban J connectivity index is 1.68. The van der Waals surface area contributed by atoms with Crippen LogP contribution in [0.25, 0.3) is 0 Å². The minimum atomic E-state index is -0.633. The maximum Gasteiger partial charge on any atom is 0.313 e. The fraction of sp³-hybridized carbons (Fsp3) is 0.440. The summed E-state index contributed by atoms with van der Waals surface area (Å²) in [6, 6.07) is 16.0. The monoisotopic (exact) mass is 437 g/mol. The molecule has 0 aliphatic carbocycles. The second-order valence-corrected chi connectivity index (χ2v) is 8.52. The van der Waals surface area contributed by atoms with Gasteiger partial charge in [-0.25, -0.2) is 0 Å². The standard InChI is InChI=1S/C25H35N5O2/c1-5-19-8-6-7-9-22(19)27-25(32)24(31)26-18-23(30-16-14-29(4)15-17-30)20-10-12-21(13-11-20)28(2)3/h6-13,23H,5,14-18H2,1-4H3,(H,26,31)(H,27,32). The number of piperazine rings is 1. The molecule has 1 aliphatic heterocycles. The molecule has 1 aliphatic rings. The molecule has 1 unspecified atom stereocenters. The highest BCUT2D eigenvalue weighted by molar-refractivity contribution is 6.39. The molecule has 172 valence electrons. The lowest BCUT2D eigenvalue weighted by Gasteiger charge is -2.38. The maximum atomic E-state index is 12.6. The zero-order chi connectivity index (χ0) is 23.1. The molecule has 7 heteroatoms. The van der Waals surface area contributed by atoms with Crippen molar-refractivity contribution in [3.05, 3.63) is 59.7 Å². The zero-order valence-electron chi connectivity index (χ0n) is 19.6. The molecular formula is C25H35N5O2. The van der Waals surface area contributed by atoms with Crippen LogP contribution < -0.4 is 15.5 Å². The number of hydrogen-bond donors (Lipinski definition) is 2. The molecule has 1 saturated heterocycles. The predicted octanol–water partition coefficient (Wildman–Crippen LogP) is 2.36. The van der Waals surface area contributed by atoms with Crippen molar-refractivity contribution < 1.29 is 9.59 Å². The van der Waals surface area contributed by atoms with E-state index in [1.165, 1.54) is 0 Å². The Labute approximate surface area is 191 Å². The third kappa shape index (κ3) is 6.08. The Morgan fingerprint density at radius 2 is 1.62 bits per heavy atom. The number of carbonyl (C=O) groups excluding carboxylic acids is 2. The molecule has 1 atom stereocenters. The van der Waals surface area contributed by atoms with Crippen LogP contribution in [0.1, 0.15) is 24.1 Å². The summed E-state index contributed by atoms with van der Waals surface area (Å²) < 4.78 is 0. The number of hydrogen-bond acceptors (Lipinski definition) is 5. The van der Waals surface area contributed by atoms with Gasteiger partial charge in [0, 0.05) is 58.2 Å². The maximum absolute atomic E-state index is 12.6. The second kappa shape index (κ2) is 11.1. The van der Waals surface area contributed by atoms with Gasteiger partial charge < -0.3 is 20.4 Å². The van der Waals surface area contributed by atoms with Crippen molar-refractivity contribution in [1.29, 1.82) is 0 Å². The summed E-state index contributed by atoms with van der Waals surface area (Å²) in [6.45, 7) is 6.20. The summed E-state index contributed by atoms with van der Waals surface area (Å²) in [5.74, 6) is -1.24. The van der Waals surface area contributed by atoms with Crippen molar-refractivity contribution in [3.8, 4) is 0 Å². The van der Waals surface area contributed by atoms with Crippen LogP contribution in [0.2, 0.25) is 0 Å².